The summed E-state index contributed by atoms with van der Waals surface area (Å²) in [6.45, 7) is 0. The fourth-order valence-electron chi connectivity index (χ4n) is 0. The largest absolute Gasteiger partial charge is 3.00 e. The van der Waals surface area contributed by atoms with E-state index in [4.69, 9.17) is 91.9 Å². The molecule has 24 nitrogen and oxygen atoms in total. The van der Waals surface area contributed by atoms with Crippen molar-refractivity contribution >= 4 is 12.4 Å². The summed E-state index contributed by atoms with van der Waals surface area (Å²) in [7, 11) is 0. The minimum absolute atomic E-state index is 0. The van der Waals surface area contributed by atoms with Crippen LogP contribution in [-0.2, 0) is 0 Å². The summed E-state index contributed by atoms with van der Waals surface area (Å²) in [5, 5.41) is 88.5. The smallest absolute Gasteiger partial charge is 0.356 e. The molecular weight excluding hydrogens is 702 g/mol. The first kappa shape index (κ1) is 56.2. The van der Waals surface area contributed by atoms with Crippen molar-refractivity contribution < 1.29 is 112 Å². The maximum Gasteiger partial charge on any atom is 3.00 e. The zero-order valence-electron chi connectivity index (χ0n) is 11.3. The fraction of sp³-hybridized carbons (Fsp3) is 0. The van der Waals surface area contributed by atoms with Gasteiger partial charge in [-0.05, 0) is 0 Å². The Morgan fingerprint density at radius 1 is 0.333 bits per heavy atom. The Balaban J connectivity index is -0.0000000201. The number of nitrogens with zero attached hydrogens (tertiary/aromatic N) is 6. The van der Waals surface area contributed by atoms with Crippen LogP contribution in [0.1, 0.15) is 0 Å². The zero-order valence-corrected chi connectivity index (χ0v) is 18.0. The van der Waals surface area contributed by atoms with Gasteiger partial charge in [-0.15, -0.1) is 12.4 Å². The summed E-state index contributed by atoms with van der Waals surface area (Å²) >= 11 is 0. The Morgan fingerprint density at radius 3 is 0.333 bits per heavy atom. The van der Waals surface area contributed by atoms with Crippen molar-refractivity contribution in [3.05, 3.63) is 91.9 Å². The first-order valence-corrected chi connectivity index (χ1v) is 3.29. The molecule has 0 bridgehead atoms. The van der Waals surface area contributed by atoms with Crippen LogP contribution in [0.25, 0.3) is 0 Å². The third-order valence-electron chi connectivity index (χ3n) is 0. The third-order valence-corrected chi connectivity index (χ3v) is 0. The molecule has 0 heterocycles. The Kier molecular flexibility index (Phi) is 103. The SMILES string of the molecule is Cl.O=[N+]([O-])[O-].O=[N+]([O-])[O-].O=[N+]([O-])[O-].O=[N+]([O-])[O-].O=[N+]([O-])[O-].O=[N+]([O-])[O-].[Nd+3].[Sm+3]. The van der Waals surface area contributed by atoms with Gasteiger partial charge in [0.05, 0.1) is 30.5 Å². The summed E-state index contributed by atoms with van der Waals surface area (Å²) < 4.78 is 0. The Morgan fingerprint density at radius 2 is 0.333 bits per heavy atom. The zero-order chi connectivity index (χ0) is 21.5. The maximum atomic E-state index is 8.25. The molecule has 156 valence electrons. The molecule has 0 fully saturated rings. The molecule has 0 N–H and O–H groups in total. The molecule has 27 heavy (non-hydrogen) atoms. The molecule has 0 spiro atoms. The van der Waals surface area contributed by atoms with Gasteiger partial charge in [0.15, 0.2) is 0 Å². The Labute approximate surface area is 214 Å². The van der Waals surface area contributed by atoms with Gasteiger partial charge in [-0.2, -0.15) is 0 Å². The molecular formula is HClN6NdO18Sm. The number of hydrogen-bond acceptors (Lipinski definition) is 18. The number of rotatable bonds is 0. The van der Waals surface area contributed by atoms with Crippen LogP contribution in [0.15, 0.2) is 0 Å². The van der Waals surface area contributed by atoms with Crippen LogP contribution < -0.4 is 0 Å². The van der Waals surface area contributed by atoms with Crippen molar-refractivity contribution in [3.63, 3.8) is 0 Å². The summed E-state index contributed by atoms with van der Waals surface area (Å²) in [4.78, 5) is 49.5. The second-order valence-corrected chi connectivity index (χ2v) is 1.34. The average Bonchev–Trinajstić information content (AvgIpc) is 2.08. The van der Waals surface area contributed by atoms with Crippen LogP contribution in [0.3, 0.4) is 0 Å². The van der Waals surface area contributed by atoms with E-state index in [9.17, 15) is 0 Å². The van der Waals surface area contributed by atoms with Gasteiger partial charge in [-0.25, -0.2) is 0 Å². The molecule has 0 aliphatic carbocycles. The van der Waals surface area contributed by atoms with Crippen molar-refractivity contribution in [2.75, 3.05) is 0 Å². The molecule has 0 saturated heterocycles. The molecule has 0 aromatic heterocycles. The monoisotopic (exact) mass is 702 g/mol. The van der Waals surface area contributed by atoms with Gasteiger partial charge in [0.25, 0.3) is 0 Å². The van der Waals surface area contributed by atoms with E-state index >= 15 is 0 Å². The van der Waals surface area contributed by atoms with Crippen molar-refractivity contribution in [3.8, 4) is 0 Å². The first-order chi connectivity index (χ1) is 10.4. The predicted octanol–water partition coefficient (Wildman–Crippen LogP) is -1.01. The van der Waals surface area contributed by atoms with E-state index < -0.39 is 30.5 Å². The van der Waals surface area contributed by atoms with E-state index in [1.807, 2.05) is 0 Å². The quantitative estimate of drug-likeness (QED) is 0.215. The molecule has 0 aliphatic rings. The van der Waals surface area contributed by atoms with Crippen LogP contribution in [0.5, 0.6) is 0 Å². The minimum atomic E-state index is -1.75. The first-order valence-electron chi connectivity index (χ1n) is 3.29. The summed E-state index contributed by atoms with van der Waals surface area (Å²) in [6, 6.07) is 0. The third kappa shape index (κ3) is 3580. The molecule has 27 heteroatoms. The van der Waals surface area contributed by atoms with E-state index in [0.717, 1.165) is 0 Å². The number of halogens is 1. The van der Waals surface area contributed by atoms with Crippen LogP contribution in [0.2, 0.25) is 0 Å². The van der Waals surface area contributed by atoms with Crippen LogP contribution in [-0.4, -0.2) is 30.5 Å². The molecule has 0 aromatic carbocycles. The van der Waals surface area contributed by atoms with Crippen molar-refractivity contribution in [2.45, 2.75) is 0 Å². The van der Waals surface area contributed by atoms with E-state index in [2.05, 4.69) is 0 Å². The van der Waals surface area contributed by atoms with Crippen molar-refractivity contribution in [1.82, 2.24) is 0 Å². The van der Waals surface area contributed by atoms with Crippen LogP contribution >= 0.6 is 12.4 Å². The maximum absolute atomic E-state index is 8.25. The fourth-order valence-corrected chi connectivity index (χ4v) is 0. The van der Waals surface area contributed by atoms with Crippen LogP contribution in [0.4, 0.5) is 0 Å². The molecule has 0 aromatic rings. The average molecular weight is 703 g/mol. The van der Waals surface area contributed by atoms with Gasteiger partial charge >= 0.3 is 81.2 Å². The summed E-state index contributed by atoms with van der Waals surface area (Å²) in [6.07, 6.45) is 0. The topological polar surface area (TPSA) is 397 Å². The van der Waals surface area contributed by atoms with Gasteiger partial charge in [-0.3, -0.25) is 0 Å². The van der Waals surface area contributed by atoms with Gasteiger partial charge in [0.1, 0.15) is 0 Å². The second kappa shape index (κ2) is 49.6. The van der Waals surface area contributed by atoms with Gasteiger partial charge in [0, 0.05) is 0 Å². The Hall–Kier alpha value is -1.82. The van der Waals surface area contributed by atoms with E-state index in [-0.39, 0.29) is 93.6 Å². The molecule has 2 radical (unpaired) electrons. The molecule has 0 rings (SSSR count). The van der Waals surface area contributed by atoms with E-state index in [1.54, 1.807) is 0 Å². The van der Waals surface area contributed by atoms with Crippen molar-refractivity contribution in [2.24, 2.45) is 0 Å². The molecule has 0 atom stereocenters. The van der Waals surface area contributed by atoms with E-state index in [0.29, 0.717) is 0 Å². The van der Waals surface area contributed by atoms with Crippen LogP contribution in [0, 0.1) is 173 Å². The van der Waals surface area contributed by atoms with Gasteiger partial charge in [0.2, 0.25) is 0 Å². The molecule has 0 unspecified atom stereocenters. The predicted molar refractivity (Wildman–Crippen MR) is 69.4 cm³/mol. The standard InChI is InChI=1S/ClH.6NO3.Nd.Sm/c;6*2-1(3)4;;/h1H;;;;;;;;/q;6*-1;2*+3. The second-order valence-electron chi connectivity index (χ2n) is 1.34. The summed E-state index contributed by atoms with van der Waals surface area (Å²) in [5.41, 5.74) is 0. The summed E-state index contributed by atoms with van der Waals surface area (Å²) in [5.74, 6) is 0. The van der Waals surface area contributed by atoms with Gasteiger partial charge < -0.3 is 91.9 Å². The number of hydrogen-bond donors (Lipinski definition) is 0. The molecule has 0 amide bonds. The van der Waals surface area contributed by atoms with Crippen molar-refractivity contribution in [1.29, 1.82) is 0 Å². The molecule has 0 aliphatic heterocycles. The normalized spacial score (nSPS) is 5.33. The van der Waals surface area contributed by atoms with Gasteiger partial charge in [-0.1, -0.05) is 0 Å². The Bertz CT molecular complexity index is 269. The molecule has 0 saturated carbocycles. The minimum Gasteiger partial charge on any atom is -0.356 e. The van der Waals surface area contributed by atoms with E-state index in [1.165, 1.54) is 0 Å².